The average Bonchev–Trinajstić information content (AvgIpc) is 2.83. The molecule has 20 heavy (non-hydrogen) atoms. The number of benzene rings is 1. The second-order valence-electron chi connectivity index (χ2n) is 4.37. The van der Waals surface area contributed by atoms with Gasteiger partial charge in [-0.15, -0.1) is 11.3 Å². The molecule has 0 bridgehead atoms. The third-order valence-electron chi connectivity index (χ3n) is 3.01. The van der Waals surface area contributed by atoms with E-state index in [0.717, 1.165) is 5.69 Å². The van der Waals surface area contributed by atoms with Crippen molar-refractivity contribution in [1.29, 1.82) is 0 Å². The Morgan fingerprint density at radius 2 is 2.20 bits per heavy atom. The maximum Gasteiger partial charge on any atom is 0.340 e. The summed E-state index contributed by atoms with van der Waals surface area (Å²) in [5.74, 6) is -0.388. The predicted octanol–water partition coefficient (Wildman–Crippen LogP) is 3.43. The zero-order valence-corrected chi connectivity index (χ0v) is 12.4. The van der Waals surface area contributed by atoms with Crippen LogP contribution in [0.1, 0.15) is 27.7 Å². The molecule has 0 aliphatic rings. The van der Waals surface area contributed by atoms with E-state index in [-0.39, 0.29) is 5.97 Å². The largest absolute Gasteiger partial charge is 0.462 e. The molecule has 0 saturated carbocycles. The Bertz CT molecular complexity index is 608. The molecule has 0 aliphatic heterocycles. The van der Waals surface area contributed by atoms with Crippen molar-refractivity contribution in [3.05, 3.63) is 45.6 Å². The Kier molecular flexibility index (Phi) is 4.63. The molecule has 106 valence electrons. The zero-order chi connectivity index (χ0) is 14.5. The summed E-state index contributed by atoms with van der Waals surface area (Å²) >= 11 is 1.70. The van der Waals surface area contributed by atoms with Crippen LogP contribution in [0.2, 0.25) is 0 Å². The van der Waals surface area contributed by atoms with Crippen LogP contribution in [0.5, 0.6) is 0 Å². The summed E-state index contributed by atoms with van der Waals surface area (Å²) in [6.45, 7) is 4.88. The van der Waals surface area contributed by atoms with Crippen LogP contribution in [-0.2, 0) is 11.3 Å². The number of rotatable bonds is 5. The molecular formula is C15H18N2O2S. The van der Waals surface area contributed by atoms with Gasteiger partial charge in [0.05, 0.1) is 23.5 Å². The van der Waals surface area contributed by atoms with Gasteiger partial charge in [0.25, 0.3) is 0 Å². The first kappa shape index (κ1) is 14.4. The number of hydrogen-bond donors (Lipinski definition) is 2. The van der Waals surface area contributed by atoms with Gasteiger partial charge >= 0.3 is 5.97 Å². The number of hydrogen-bond acceptors (Lipinski definition) is 5. The van der Waals surface area contributed by atoms with Crippen LogP contribution in [0.4, 0.5) is 11.4 Å². The van der Waals surface area contributed by atoms with Crippen molar-refractivity contribution >= 4 is 28.7 Å². The molecule has 0 fully saturated rings. The number of nitrogens with one attached hydrogen (secondary N) is 1. The van der Waals surface area contributed by atoms with Crippen molar-refractivity contribution in [2.75, 3.05) is 17.7 Å². The molecule has 4 nitrogen and oxygen atoms in total. The minimum Gasteiger partial charge on any atom is -0.462 e. The fourth-order valence-electron chi connectivity index (χ4n) is 1.87. The molecule has 1 aromatic heterocycles. The summed E-state index contributed by atoms with van der Waals surface area (Å²) < 4.78 is 4.99. The van der Waals surface area contributed by atoms with Gasteiger partial charge in [0, 0.05) is 11.4 Å². The topological polar surface area (TPSA) is 64.3 Å². The molecule has 0 saturated heterocycles. The molecule has 5 heteroatoms. The number of ether oxygens (including phenoxy) is 1. The van der Waals surface area contributed by atoms with Crippen molar-refractivity contribution in [1.82, 2.24) is 0 Å². The van der Waals surface area contributed by atoms with E-state index in [4.69, 9.17) is 10.5 Å². The van der Waals surface area contributed by atoms with Crippen molar-refractivity contribution in [2.24, 2.45) is 0 Å². The minimum atomic E-state index is -0.388. The number of esters is 1. The van der Waals surface area contributed by atoms with Gasteiger partial charge < -0.3 is 15.8 Å². The summed E-state index contributed by atoms with van der Waals surface area (Å²) in [5.41, 5.74) is 8.87. The van der Waals surface area contributed by atoms with Gasteiger partial charge in [0.2, 0.25) is 0 Å². The van der Waals surface area contributed by atoms with Crippen LogP contribution < -0.4 is 11.1 Å². The van der Waals surface area contributed by atoms with Gasteiger partial charge in [-0.1, -0.05) is 6.07 Å². The first-order valence-corrected chi connectivity index (χ1v) is 7.34. The maximum absolute atomic E-state index is 11.8. The normalized spacial score (nSPS) is 10.3. The van der Waals surface area contributed by atoms with Crippen LogP contribution in [0.3, 0.4) is 0 Å². The van der Waals surface area contributed by atoms with Gasteiger partial charge in [-0.3, -0.25) is 0 Å². The highest BCUT2D eigenvalue weighted by Crippen LogP contribution is 2.25. The summed E-state index contributed by atoms with van der Waals surface area (Å²) in [6.07, 6.45) is 0. The smallest absolute Gasteiger partial charge is 0.340 e. The number of thiophene rings is 1. The van der Waals surface area contributed by atoms with Crippen LogP contribution in [-0.4, -0.2) is 12.6 Å². The van der Waals surface area contributed by atoms with Gasteiger partial charge in [-0.2, -0.15) is 0 Å². The highest BCUT2D eigenvalue weighted by atomic mass is 32.1. The fraction of sp³-hybridized carbons (Fsp3) is 0.267. The molecule has 1 aromatic carbocycles. The van der Waals surface area contributed by atoms with Crippen LogP contribution in [0, 0.1) is 6.92 Å². The monoisotopic (exact) mass is 290 g/mol. The Balaban J connectivity index is 2.14. The Hall–Kier alpha value is -2.01. The number of nitrogens with two attached hydrogens (primary N) is 1. The number of anilines is 2. The first-order valence-electron chi connectivity index (χ1n) is 6.46. The lowest BCUT2D eigenvalue weighted by Crippen LogP contribution is -2.10. The van der Waals surface area contributed by atoms with E-state index < -0.39 is 0 Å². The Labute approximate surface area is 122 Å². The summed E-state index contributed by atoms with van der Waals surface area (Å²) in [4.78, 5) is 13.0. The standard InChI is InChI=1S/C15H18N2O2S/c1-3-19-15(18)11-5-4-6-12(14(11)16)17-9-13-10(2)7-8-20-13/h4-8,17H,3,9,16H2,1-2H3. The van der Waals surface area contributed by atoms with E-state index in [0.29, 0.717) is 24.4 Å². The summed E-state index contributed by atoms with van der Waals surface area (Å²) in [5, 5.41) is 5.33. The molecule has 1 heterocycles. The molecule has 2 rings (SSSR count). The quantitative estimate of drug-likeness (QED) is 0.654. The molecule has 0 amide bonds. The lowest BCUT2D eigenvalue weighted by atomic mass is 10.1. The highest BCUT2D eigenvalue weighted by Gasteiger charge is 2.13. The van der Waals surface area contributed by atoms with Crippen LogP contribution >= 0.6 is 11.3 Å². The lowest BCUT2D eigenvalue weighted by molar-refractivity contribution is 0.0527. The molecule has 0 radical (unpaired) electrons. The predicted molar refractivity (Wildman–Crippen MR) is 83.2 cm³/mol. The van der Waals surface area contributed by atoms with E-state index in [1.54, 1.807) is 30.4 Å². The molecule has 0 aliphatic carbocycles. The second kappa shape index (κ2) is 6.43. The van der Waals surface area contributed by atoms with E-state index in [1.807, 2.05) is 6.07 Å². The lowest BCUT2D eigenvalue weighted by Gasteiger charge is -2.12. The number of carbonyl (C=O) groups excluding carboxylic acids is 1. The van der Waals surface area contributed by atoms with Gasteiger partial charge in [-0.25, -0.2) is 4.79 Å². The van der Waals surface area contributed by atoms with Crippen molar-refractivity contribution < 1.29 is 9.53 Å². The number of aryl methyl sites for hydroxylation is 1. The average molecular weight is 290 g/mol. The van der Waals surface area contributed by atoms with E-state index in [2.05, 4.69) is 23.7 Å². The molecule has 0 spiro atoms. The van der Waals surface area contributed by atoms with E-state index >= 15 is 0 Å². The molecule has 3 N–H and O–H groups in total. The van der Waals surface area contributed by atoms with Gasteiger partial charge in [-0.05, 0) is 43.0 Å². The first-order chi connectivity index (χ1) is 9.63. The minimum absolute atomic E-state index is 0.338. The summed E-state index contributed by atoms with van der Waals surface area (Å²) in [7, 11) is 0. The second-order valence-corrected chi connectivity index (χ2v) is 5.37. The van der Waals surface area contributed by atoms with E-state index in [9.17, 15) is 4.79 Å². The van der Waals surface area contributed by atoms with Gasteiger partial charge in [0.1, 0.15) is 0 Å². The maximum atomic E-state index is 11.8. The molecule has 0 unspecified atom stereocenters. The molecule has 2 aromatic rings. The number of carbonyl (C=O) groups is 1. The van der Waals surface area contributed by atoms with Gasteiger partial charge in [0.15, 0.2) is 0 Å². The van der Waals surface area contributed by atoms with Crippen LogP contribution in [0.15, 0.2) is 29.6 Å². The highest BCUT2D eigenvalue weighted by molar-refractivity contribution is 7.10. The third kappa shape index (κ3) is 3.11. The van der Waals surface area contributed by atoms with Crippen molar-refractivity contribution in [3.8, 4) is 0 Å². The summed E-state index contributed by atoms with van der Waals surface area (Å²) in [6, 6.07) is 7.42. The number of para-hydroxylation sites is 1. The fourth-order valence-corrected chi connectivity index (χ4v) is 2.71. The Morgan fingerprint density at radius 1 is 1.40 bits per heavy atom. The number of nitrogen functional groups attached to an aromatic ring is 1. The molecular weight excluding hydrogens is 272 g/mol. The van der Waals surface area contributed by atoms with E-state index in [1.165, 1.54) is 10.4 Å². The Morgan fingerprint density at radius 3 is 2.85 bits per heavy atom. The third-order valence-corrected chi connectivity index (χ3v) is 4.03. The van der Waals surface area contributed by atoms with Crippen molar-refractivity contribution in [2.45, 2.75) is 20.4 Å². The zero-order valence-electron chi connectivity index (χ0n) is 11.6. The SMILES string of the molecule is CCOC(=O)c1cccc(NCc2sccc2C)c1N. The van der Waals surface area contributed by atoms with Crippen molar-refractivity contribution in [3.63, 3.8) is 0 Å². The van der Waals surface area contributed by atoms with Crippen LogP contribution in [0.25, 0.3) is 0 Å². The molecule has 0 atom stereocenters.